The lowest BCUT2D eigenvalue weighted by Crippen LogP contribution is -2.44. The minimum Gasteiger partial charge on any atom is -0.489 e. The highest BCUT2D eigenvalue weighted by Gasteiger charge is 2.26. The van der Waals surface area contributed by atoms with E-state index in [2.05, 4.69) is 5.32 Å². The van der Waals surface area contributed by atoms with Crippen LogP contribution in [0, 0.1) is 0 Å². The second-order valence-electron chi connectivity index (χ2n) is 5.89. The SMILES string of the molecule is CCCNC(=O)CN1CCc2cc(OC/C(C)=C\F)ccc2C1=O. The monoisotopic (exact) mass is 334 g/mol. The Bertz CT molecular complexity index is 643. The summed E-state index contributed by atoms with van der Waals surface area (Å²) in [6, 6.07) is 5.22. The van der Waals surface area contributed by atoms with E-state index in [4.69, 9.17) is 4.74 Å². The maximum absolute atomic E-state index is 12.5. The Morgan fingerprint density at radius 2 is 2.25 bits per heavy atom. The quantitative estimate of drug-likeness (QED) is 0.833. The lowest BCUT2D eigenvalue weighted by atomic mass is 9.98. The standard InChI is InChI=1S/C18H23FN2O3/c1-3-7-20-17(22)11-21-8-6-14-9-15(24-12-13(2)10-19)4-5-16(14)18(21)23/h4-5,9-10H,3,6-8,11-12H2,1-2H3,(H,20,22)/b13-10-. The summed E-state index contributed by atoms with van der Waals surface area (Å²) in [7, 11) is 0. The normalized spacial score (nSPS) is 14.4. The molecular formula is C18H23FN2O3. The van der Waals surface area contributed by atoms with Gasteiger partial charge in [-0.25, -0.2) is 4.39 Å². The van der Waals surface area contributed by atoms with E-state index >= 15 is 0 Å². The molecule has 0 spiro atoms. The molecule has 1 N–H and O–H groups in total. The van der Waals surface area contributed by atoms with Crippen LogP contribution in [-0.2, 0) is 11.2 Å². The van der Waals surface area contributed by atoms with Gasteiger partial charge in [0.2, 0.25) is 5.91 Å². The number of benzene rings is 1. The van der Waals surface area contributed by atoms with Gasteiger partial charge in [0.1, 0.15) is 12.4 Å². The van der Waals surface area contributed by atoms with E-state index in [0.717, 1.165) is 12.0 Å². The first-order chi connectivity index (χ1) is 11.5. The number of halogens is 1. The fraction of sp³-hybridized carbons (Fsp3) is 0.444. The molecule has 0 bridgehead atoms. The summed E-state index contributed by atoms with van der Waals surface area (Å²) in [6.45, 7) is 4.99. The van der Waals surface area contributed by atoms with E-state index in [1.807, 2.05) is 13.0 Å². The number of nitrogens with zero attached hydrogens (tertiary/aromatic N) is 1. The number of carbonyl (C=O) groups is 2. The van der Waals surface area contributed by atoms with E-state index in [1.54, 1.807) is 24.0 Å². The van der Waals surface area contributed by atoms with Crippen LogP contribution in [0.2, 0.25) is 0 Å². The lowest BCUT2D eigenvalue weighted by molar-refractivity contribution is -0.121. The number of hydrogen-bond acceptors (Lipinski definition) is 3. The van der Waals surface area contributed by atoms with Crippen LogP contribution in [0.1, 0.15) is 36.2 Å². The molecule has 24 heavy (non-hydrogen) atoms. The molecule has 6 heteroatoms. The Labute approximate surface area is 141 Å². The third-order valence-corrected chi connectivity index (χ3v) is 3.80. The van der Waals surface area contributed by atoms with Crippen LogP contribution in [0.3, 0.4) is 0 Å². The molecule has 5 nitrogen and oxygen atoms in total. The van der Waals surface area contributed by atoms with Crippen molar-refractivity contribution in [1.29, 1.82) is 0 Å². The second kappa shape index (κ2) is 8.47. The molecule has 1 heterocycles. The lowest BCUT2D eigenvalue weighted by Gasteiger charge is -2.28. The van der Waals surface area contributed by atoms with Gasteiger partial charge in [0.25, 0.3) is 5.91 Å². The molecule has 2 rings (SSSR count). The zero-order chi connectivity index (χ0) is 17.5. The van der Waals surface area contributed by atoms with Crippen molar-refractivity contribution in [1.82, 2.24) is 10.2 Å². The fourth-order valence-corrected chi connectivity index (χ4v) is 2.48. The van der Waals surface area contributed by atoms with Gasteiger partial charge in [-0.1, -0.05) is 6.92 Å². The number of fused-ring (bicyclic) bond motifs is 1. The second-order valence-corrected chi connectivity index (χ2v) is 5.89. The summed E-state index contributed by atoms with van der Waals surface area (Å²) in [5, 5.41) is 2.78. The summed E-state index contributed by atoms with van der Waals surface area (Å²) in [6.07, 6.45) is 2.04. The number of amides is 2. The highest BCUT2D eigenvalue weighted by Crippen LogP contribution is 2.24. The predicted octanol–water partition coefficient (Wildman–Crippen LogP) is 2.46. The third kappa shape index (κ3) is 4.57. The van der Waals surface area contributed by atoms with Crippen LogP contribution in [0.15, 0.2) is 30.1 Å². The van der Waals surface area contributed by atoms with Crippen LogP contribution < -0.4 is 10.1 Å². The highest BCUT2D eigenvalue weighted by molar-refractivity contribution is 5.98. The molecule has 1 aromatic carbocycles. The van der Waals surface area contributed by atoms with Crippen LogP contribution in [0.25, 0.3) is 0 Å². The van der Waals surface area contributed by atoms with Gasteiger partial charge in [-0.05, 0) is 49.1 Å². The zero-order valence-electron chi connectivity index (χ0n) is 14.1. The average Bonchev–Trinajstić information content (AvgIpc) is 2.60. The topological polar surface area (TPSA) is 58.6 Å². The summed E-state index contributed by atoms with van der Waals surface area (Å²) in [5.41, 5.74) is 1.98. The summed E-state index contributed by atoms with van der Waals surface area (Å²) in [5.74, 6) is 0.327. The molecule has 1 aromatic rings. The van der Waals surface area contributed by atoms with E-state index in [1.165, 1.54) is 0 Å². The fourth-order valence-electron chi connectivity index (χ4n) is 2.48. The number of rotatable bonds is 7. The number of hydrogen-bond donors (Lipinski definition) is 1. The van der Waals surface area contributed by atoms with Crippen molar-refractivity contribution in [3.8, 4) is 5.75 Å². The third-order valence-electron chi connectivity index (χ3n) is 3.80. The van der Waals surface area contributed by atoms with E-state index in [0.29, 0.717) is 42.7 Å². The molecule has 0 unspecified atom stereocenters. The minimum absolute atomic E-state index is 0.0804. The van der Waals surface area contributed by atoms with Gasteiger partial charge in [0.05, 0.1) is 12.9 Å². The Morgan fingerprint density at radius 3 is 2.96 bits per heavy atom. The average molecular weight is 334 g/mol. The van der Waals surface area contributed by atoms with Crippen molar-refractivity contribution in [2.24, 2.45) is 0 Å². The molecule has 1 aliphatic heterocycles. The first-order valence-corrected chi connectivity index (χ1v) is 8.12. The molecule has 0 saturated heterocycles. The van der Waals surface area contributed by atoms with Crippen LogP contribution in [0.5, 0.6) is 5.75 Å². The maximum Gasteiger partial charge on any atom is 0.254 e. The minimum atomic E-state index is -0.144. The summed E-state index contributed by atoms with van der Waals surface area (Å²) >= 11 is 0. The molecule has 130 valence electrons. The van der Waals surface area contributed by atoms with Crippen LogP contribution in [0.4, 0.5) is 4.39 Å². The molecule has 1 aliphatic rings. The molecular weight excluding hydrogens is 311 g/mol. The Hall–Kier alpha value is -2.37. The highest BCUT2D eigenvalue weighted by atomic mass is 19.1. The number of ether oxygens (including phenoxy) is 1. The van der Waals surface area contributed by atoms with Crippen molar-refractivity contribution < 1.29 is 18.7 Å². The molecule has 0 saturated carbocycles. The van der Waals surface area contributed by atoms with Crippen LogP contribution in [-0.4, -0.2) is 43.0 Å². The molecule has 0 atom stereocenters. The van der Waals surface area contributed by atoms with E-state index < -0.39 is 0 Å². The van der Waals surface area contributed by atoms with Gasteiger partial charge in [0, 0.05) is 18.7 Å². The van der Waals surface area contributed by atoms with Gasteiger partial charge in [-0.15, -0.1) is 0 Å². The molecule has 0 aromatic heterocycles. The van der Waals surface area contributed by atoms with Crippen molar-refractivity contribution >= 4 is 11.8 Å². The molecule has 0 radical (unpaired) electrons. The predicted molar refractivity (Wildman–Crippen MR) is 89.7 cm³/mol. The molecule has 0 fully saturated rings. The van der Waals surface area contributed by atoms with Gasteiger partial charge in [-0.3, -0.25) is 9.59 Å². The molecule has 2 amide bonds. The number of carbonyl (C=O) groups excluding carboxylic acids is 2. The summed E-state index contributed by atoms with van der Waals surface area (Å²) in [4.78, 5) is 25.9. The van der Waals surface area contributed by atoms with Gasteiger partial charge in [-0.2, -0.15) is 0 Å². The van der Waals surface area contributed by atoms with Crippen molar-refractivity contribution in [3.05, 3.63) is 41.2 Å². The Kier molecular flexibility index (Phi) is 6.35. The first-order valence-electron chi connectivity index (χ1n) is 8.12. The summed E-state index contributed by atoms with van der Waals surface area (Å²) < 4.78 is 17.8. The van der Waals surface area contributed by atoms with Crippen molar-refractivity contribution in [3.63, 3.8) is 0 Å². The van der Waals surface area contributed by atoms with Gasteiger partial charge in [0.15, 0.2) is 0 Å². The van der Waals surface area contributed by atoms with Gasteiger partial charge >= 0.3 is 0 Å². The smallest absolute Gasteiger partial charge is 0.254 e. The largest absolute Gasteiger partial charge is 0.489 e. The van der Waals surface area contributed by atoms with Crippen LogP contribution >= 0.6 is 0 Å². The molecule has 0 aliphatic carbocycles. The van der Waals surface area contributed by atoms with E-state index in [-0.39, 0.29) is 25.0 Å². The first kappa shape index (κ1) is 18.0. The Balaban J connectivity index is 2.01. The maximum atomic E-state index is 12.5. The van der Waals surface area contributed by atoms with E-state index in [9.17, 15) is 14.0 Å². The van der Waals surface area contributed by atoms with Gasteiger partial charge < -0.3 is 15.0 Å². The van der Waals surface area contributed by atoms with Crippen molar-refractivity contribution in [2.75, 3.05) is 26.2 Å². The number of nitrogens with one attached hydrogen (secondary N) is 1. The Morgan fingerprint density at radius 1 is 1.46 bits per heavy atom. The van der Waals surface area contributed by atoms with Crippen molar-refractivity contribution in [2.45, 2.75) is 26.7 Å². The zero-order valence-corrected chi connectivity index (χ0v) is 14.1.